The second-order valence-corrected chi connectivity index (χ2v) is 6.88. The molecule has 26 heavy (non-hydrogen) atoms. The highest BCUT2D eigenvalue weighted by atomic mass is 16.7. The Kier molecular flexibility index (Phi) is 3.71. The van der Waals surface area contributed by atoms with E-state index in [4.69, 9.17) is 0 Å². The standard InChI is InChI=1S/C25H21O/c1-3-9-19(10-4-1)21-17-24-23-14-8-7-11-20(23)15-16-25(24)26(18-21)22-12-5-2-6-13-22/h1-14,17H,15-16,18H2/q+1. The van der Waals surface area contributed by atoms with Crippen LogP contribution >= 0.6 is 0 Å². The van der Waals surface area contributed by atoms with Crippen LogP contribution in [0.25, 0.3) is 11.1 Å². The van der Waals surface area contributed by atoms with Crippen LogP contribution in [0.3, 0.4) is 0 Å². The van der Waals surface area contributed by atoms with Crippen molar-refractivity contribution in [2.45, 2.75) is 12.8 Å². The minimum absolute atomic E-state index is 0.842. The topological polar surface area (TPSA) is 2.70 Å². The maximum Gasteiger partial charge on any atom is 0.261 e. The van der Waals surface area contributed by atoms with E-state index < -0.39 is 0 Å². The molecule has 0 saturated heterocycles. The summed E-state index contributed by atoms with van der Waals surface area (Å²) in [5.41, 5.74) is 6.80. The average Bonchev–Trinajstić information content (AvgIpc) is 2.74. The molecule has 0 amide bonds. The van der Waals surface area contributed by atoms with E-state index in [9.17, 15) is 0 Å². The van der Waals surface area contributed by atoms with Gasteiger partial charge in [-0.25, -0.2) is 0 Å². The number of rotatable bonds is 2. The van der Waals surface area contributed by atoms with Crippen LogP contribution in [0.4, 0.5) is 0 Å². The molecule has 0 spiro atoms. The van der Waals surface area contributed by atoms with E-state index >= 15 is 0 Å². The number of hydrogen-bond acceptors (Lipinski definition) is 0. The molecule has 0 saturated carbocycles. The monoisotopic (exact) mass is 337 g/mol. The zero-order valence-electron chi connectivity index (χ0n) is 14.7. The molecule has 0 unspecified atom stereocenters. The molecule has 3 aromatic rings. The number of allylic oxidation sites excluding steroid dienone is 3. The number of fused-ring (bicyclic) bond motifs is 2. The molecular weight excluding hydrogens is 316 g/mol. The smallest absolute Gasteiger partial charge is 0.261 e. The van der Waals surface area contributed by atoms with Gasteiger partial charge in [0.05, 0.1) is 12.0 Å². The molecule has 126 valence electrons. The first kappa shape index (κ1) is 15.2. The van der Waals surface area contributed by atoms with Gasteiger partial charge in [-0.3, -0.25) is 0 Å². The Morgan fingerprint density at radius 2 is 1.35 bits per heavy atom. The van der Waals surface area contributed by atoms with Crippen molar-refractivity contribution in [3.8, 4) is 5.75 Å². The van der Waals surface area contributed by atoms with E-state index in [2.05, 4.69) is 95.4 Å². The molecule has 1 nitrogen and oxygen atoms in total. The van der Waals surface area contributed by atoms with Crippen LogP contribution in [0, 0.1) is 0 Å². The van der Waals surface area contributed by atoms with Crippen molar-refractivity contribution in [2.75, 3.05) is 6.61 Å². The van der Waals surface area contributed by atoms with Crippen LogP contribution < -0.4 is 0 Å². The highest BCUT2D eigenvalue weighted by molar-refractivity contribution is 5.89. The number of hydrogen-bond donors (Lipinski definition) is 0. The second-order valence-electron chi connectivity index (χ2n) is 6.88. The summed E-state index contributed by atoms with van der Waals surface area (Å²) >= 11 is 0. The van der Waals surface area contributed by atoms with E-state index in [1.165, 1.54) is 39.3 Å². The summed E-state index contributed by atoms with van der Waals surface area (Å²) in [7, 11) is 0. The fraction of sp³-hybridized carbons (Fsp3) is 0.120. The van der Waals surface area contributed by atoms with Gasteiger partial charge in [0, 0.05) is 17.7 Å². The Balaban J connectivity index is 1.70. The highest BCUT2D eigenvalue weighted by Crippen LogP contribution is 2.46. The molecule has 1 aliphatic heterocycles. The lowest BCUT2D eigenvalue weighted by Gasteiger charge is -2.34. The van der Waals surface area contributed by atoms with Gasteiger partial charge in [-0.15, -0.1) is 0 Å². The van der Waals surface area contributed by atoms with Crippen LogP contribution in [0.1, 0.15) is 23.1 Å². The summed E-state index contributed by atoms with van der Waals surface area (Å²) < 4.78 is 3.52. The lowest BCUT2D eigenvalue weighted by molar-refractivity contribution is 0.0296. The van der Waals surface area contributed by atoms with E-state index in [1.54, 1.807) is 0 Å². The van der Waals surface area contributed by atoms with E-state index in [0.717, 1.165) is 19.4 Å². The number of aryl methyl sites for hydroxylation is 1. The van der Waals surface area contributed by atoms with Gasteiger partial charge in [0.2, 0.25) is 12.4 Å². The third-order valence-electron chi connectivity index (χ3n) is 5.32. The molecule has 0 atom stereocenters. The van der Waals surface area contributed by atoms with Crippen molar-refractivity contribution >= 4 is 11.1 Å². The van der Waals surface area contributed by atoms with E-state index in [0.29, 0.717) is 0 Å². The summed E-state index contributed by atoms with van der Waals surface area (Å²) in [6, 6.07) is 30.2. The van der Waals surface area contributed by atoms with Crippen LogP contribution in [0.5, 0.6) is 5.75 Å². The second kappa shape index (κ2) is 6.34. The maximum absolute atomic E-state index is 3.52. The first-order chi connectivity index (χ1) is 12.9. The molecule has 0 aromatic heterocycles. The lowest BCUT2D eigenvalue weighted by Crippen LogP contribution is -2.20. The largest absolute Gasteiger partial charge is 0.535 e. The molecule has 1 aliphatic carbocycles. The Bertz CT molecular complexity index is 997. The predicted molar refractivity (Wildman–Crippen MR) is 108 cm³/mol. The molecule has 1 heteroatoms. The molecule has 0 fully saturated rings. The van der Waals surface area contributed by atoms with Gasteiger partial charge >= 0.3 is 0 Å². The SMILES string of the molecule is C1=C(c2ccccc2)C[O+](c2ccccc2)C2=C1c1ccccc1CC2. The Labute approximate surface area is 154 Å². The van der Waals surface area contributed by atoms with Gasteiger partial charge in [0.25, 0.3) is 5.75 Å². The summed E-state index contributed by atoms with van der Waals surface area (Å²) in [4.78, 5) is 0. The van der Waals surface area contributed by atoms with Gasteiger partial charge in [0.1, 0.15) is 0 Å². The number of benzene rings is 3. The zero-order valence-corrected chi connectivity index (χ0v) is 14.7. The molecule has 0 radical (unpaired) electrons. The summed E-state index contributed by atoms with van der Waals surface area (Å²) in [5, 5.41) is 0. The van der Waals surface area contributed by atoms with E-state index in [1.807, 2.05) is 0 Å². The van der Waals surface area contributed by atoms with Crippen molar-refractivity contribution in [3.63, 3.8) is 0 Å². The molecule has 3 aromatic carbocycles. The van der Waals surface area contributed by atoms with Crippen LogP contribution in [0.15, 0.2) is 96.8 Å². The third kappa shape index (κ3) is 2.57. The normalized spacial score (nSPS) is 16.0. The molecule has 5 rings (SSSR count). The van der Waals surface area contributed by atoms with Crippen molar-refractivity contribution in [2.24, 2.45) is 0 Å². The summed E-state index contributed by atoms with van der Waals surface area (Å²) in [6.45, 7) is 0.842. The first-order valence-corrected chi connectivity index (χ1v) is 9.23. The van der Waals surface area contributed by atoms with Gasteiger partial charge in [0.15, 0.2) is 0 Å². The van der Waals surface area contributed by atoms with Crippen molar-refractivity contribution < 1.29 is 4.37 Å². The predicted octanol–water partition coefficient (Wildman–Crippen LogP) is 6.41. The van der Waals surface area contributed by atoms with Crippen molar-refractivity contribution in [1.29, 1.82) is 0 Å². The average molecular weight is 337 g/mol. The Morgan fingerprint density at radius 3 is 2.15 bits per heavy atom. The van der Waals surface area contributed by atoms with Gasteiger partial charge in [-0.1, -0.05) is 72.8 Å². The van der Waals surface area contributed by atoms with Crippen LogP contribution in [-0.2, 0) is 10.8 Å². The molecule has 2 aliphatic rings. The number of para-hydroxylation sites is 1. The Hall–Kier alpha value is -3.06. The fourth-order valence-electron chi connectivity index (χ4n) is 4.04. The minimum atomic E-state index is 0.842. The fourth-order valence-corrected chi connectivity index (χ4v) is 4.04. The molecule has 0 N–H and O–H groups in total. The zero-order chi connectivity index (χ0) is 17.3. The van der Waals surface area contributed by atoms with Crippen LogP contribution in [0.2, 0.25) is 0 Å². The molecule has 1 heterocycles. The molecule has 0 bridgehead atoms. The maximum atomic E-state index is 3.52. The Morgan fingerprint density at radius 1 is 0.654 bits per heavy atom. The highest BCUT2D eigenvalue weighted by Gasteiger charge is 2.33. The van der Waals surface area contributed by atoms with Crippen molar-refractivity contribution in [3.05, 3.63) is 113 Å². The van der Waals surface area contributed by atoms with Gasteiger partial charge in [-0.2, -0.15) is 0 Å². The lowest BCUT2D eigenvalue weighted by atomic mass is 9.86. The van der Waals surface area contributed by atoms with E-state index in [-0.39, 0.29) is 0 Å². The van der Waals surface area contributed by atoms with Crippen LogP contribution in [-0.4, -0.2) is 6.61 Å². The first-order valence-electron chi connectivity index (χ1n) is 9.23. The van der Waals surface area contributed by atoms with Gasteiger partial charge < -0.3 is 4.37 Å². The summed E-state index contributed by atoms with van der Waals surface area (Å²) in [5.74, 6) is 2.57. The molecular formula is C25H21O+. The van der Waals surface area contributed by atoms with Crippen molar-refractivity contribution in [1.82, 2.24) is 0 Å². The quantitative estimate of drug-likeness (QED) is 0.475. The third-order valence-corrected chi connectivity index (χ3v) is 5.32. The van der Waals surface area contributed by atoms with Gasteiger partial charge in [-0.05, 0) is 29.2 Å². The summed E-state index contributed by atoms with van der Waals surface area (Å²) in [6.07, 6.45) is 4.55. The minimum Gasteiger partial charge on any atom is -0.535 e.